The molecule has 0 bridgehead atoms. The van der Waals surface area contributed by atoms with Gasteiger partial charge in [0.25, 0.3) is 0 Å². The summed E-state index contributed by atoms with van der Waals surface area (Å²) >= 11 is 0. The van der Waals surface area contributed by atoms with E-state index in [1.54, 1.807) is 48.5 Å². The van der Waals surface area contributed by atoms with Crippen LogP contribution in [0.15, 0.2) is 72.8 Å². The molecule has 0 spiro atoms. The van der Waals surface area contributed by atoms with E-state index in [0.717, 1.165) is 11.1 Å². The summed E-state index contributed by atoms with van der Waals surface area (Å²) in [4.78, 5) is 24.3. The Balaban J connectivity index is 0.00000106. The molecular formula is C26H30O4. The molecule has 0 fully saturated rings. The number of rotatable bonds is 4. The maximum atomic E-state index is 12.2. The van der Waals surface area contributed by atoms with Crippen LogP contribution in [0.5, 0.6) is 11.5 Å². The third-order valence-electron chi connectivity index (χ3n) is 3.82. The van der Waals surface area contributed by atoms with Crippen LogP contribution in [0.25, 0.3) is 0 Å². The number of carbonyl (C=O) groups is 2. The molecule has 0 aliphatic heterocycles. The van der Waals surface area contributed by atoms with Crippen molar-refractivity contribution >= 4 is 11.9 Å². The van der Waals surface area contributed by atoms with Gasteiger partial charge in [0.15, 0.2) is 0 Å². The highest BCUT2D eigenvalue weighted by molar-refractivity contribution is 5.92. The van der Waals surface area contributed by atoms with Crippen molar-refractivity contribution in [1.82, 2.24) is 0 Å². The molecule has 0 amide bonds. The Bertz CT molecular complexity index is 909. The van der Waals surface area contributed by atoms with Gasteiger partial charge in [-0.05, 0) is 62.4 Å². The average molecular weight is 407 g/mol. The Kier molecular flexibility index (Phi) is 10.6. The zero-order valence-electron chi connectivity index (χ0n) is 18.6. The number of carbonyl (C=O) groups excluding carboxylic acids is 2. The van der Waals surface area contributed by atoms with Crippen LogP contribution in [0.4, 0.5) is 0 Å². The number of esters is 2. The number of ether oxygens (including phenoxy) is 2. The zero-order chi connectivity index (χ0) is 22.5. The Morgan fingerprint density at radius 3 is 1.13 bits per heavy atom. The third kappa shape index (κ3) is 7.55. The molecule has 0 saturated carbocycles. The predicted molar refractivity (Wildman–Crippen MR) is 121 cm³/mol. The maximum absolute atomic E-state index is 12.2. The van der Waals surface area contributed by atoms with Gasteiger partial charge in [0.2, 0.25) is 0 Å². The van der Waals surface area contributed by atoms with Crippen LogP contribution >= 0.6 is 0 Å². The van der Waals surface area contributed by atoms with Crippen LogP contribution in [0, 0.1) is 13.8 Å². The number of aryl methyl sites for hydroxylation is 2. The van der Waals surface area contributed by atoms with Crippen molar-refractivity contribution in [2.24, 2.45) is 0 Å². The second-order valence-electron chi connectivity index (χ2n) is 5.98. The molecule has 3 aromatic carbocycles. The van der Waals surface area contributed by atoms with E-state index in [1.807, 2.05) is 65.8 Å². The van der Waals surface area contributed by atoms with Gasteiger partial charge < -0.3 is 9.47 Å². The first-order valence-corrected chi connectivity index (χ1v) is 10.2. The van der Waals surface area contributed by atoms with Crippen molar-refractivity contribution in [3.8, 4) is 11.5 Å². The Morgan fingerprint density at radius 1 is 0.500 bits per heavy atom. The summed E-state index contributed by atoms with van der Waals surface area (Å²) in [7, 11) is 0. The van der Waals surface area contributed by atoms with Crippen LogP contribution in [0.1, 0.15) is 59.5 Å². The second kappa shape index (κ2) is 12.9. The fraction of sp³-hybridized carbons (Fsp3) is 0.231. The summed E-state index contributed by atoms with van der Waals surface area (Å²) in [5, 5.41) is 0. The lowest BCUT2D eigenvalue weighted by Gasteiger charge is -2.07. The first kappa shape index (κ1) is 24.6. The van der Waals surface area contributed by atoms with Crippen LogP contribution in [0.2, 0.25) is 0 Å². The molecular weight excluding hydrogens is 376 g/mol. The lowest BCUT2D eigenvalue weighted by molar-refractivity contribution is 0.0730. The minimum Gasteiger partial charge on any atom is -0.423 e. The van der Waals surface area contributed by atoms with Gasteiger partial charge in [-0.1, -0.05) is 63.1 Å². The Labute approximate surface area is 179 Å². The highest BCUT2D eigenvalue weighted by Gasteiger charge is 2.11. The summed E-state index contributed by atoms with van der Waals surface area (Å²) in [6.07, 6.45) is 0. The minimum absolute atomic E-state index is 0.363. The highest BCUT2D eigenvalue weighted by atomic mass is 16.5. The van der Waals surface area contributed by atoms with Crippen LogP contribution in [0.3, 0.4) is 0 Å². The van der Waals surface area contributed by atoms with E-state index in [2.05, 4.69) is 0 Å². The lowest BCUT2D eigenvalue weighted by Crippen LogP contribution is -2.10. The molecule has 4 heteroatoms. The van der Waals surface area contributed by atoms with Crippen molar-refractivity contribution < 1.29 is 19.1 Å². The largest absolute Gasteiger partial charge is 0.423 e. The maximum Gasteiger partial charge on any atom is 0.343 e. The molecule has 0 aliphatic carbocycles. The molecule has 158 valence electrons. The van der Waals surface area contributed by atoms with Crippen molar-refractivity contribution in [2.75, 3.05) is 0 Å². The summed E-state index contributed by atoms with van der Waals surface area (Å²) < 4.78 is 10.6. The molecule has 0 N–H and O–H groups in total. The van der Waals surface area contributed by atoms with Crippen LogP contribution < -0.4 is 9.47 Å². The molecule has 0 unspecified atom stereocenters. The smallest absolute Gasteiger partial charge is 0.343 e. The topological polar surface area (TPSA) is 52.6 Å². The van der Waals surface area contributed by atoms with Crippen molar-refractivity contribution in [1.29, 1.82) is 0 Å². The fourth-order valence-corrected chi connectivity index (χ4v) is 2.29. The second-order valence-corrected chi connectivity index (χ2v) is 5.98. The third-order valence-corrected chi connectivity index (χ3v) is 3.82. The first-order valence-electron chi connectivity index (χ1n) is 10.2. The van der Waals surface area contributed by atoms with Crippen LogP contribution in [-0.4, -0.2) is 11.9 Å². The Morgan fingerprint density at radius 2 is 0.767 bits per heavy atom. The van der Waals surface area contributed by atoms with Gasteiger partial charge in [0.05, 0.1) is 11.1 Å². The zero-order valence-corrected chi connectivity index (χ0v) is 18.6. The fourth-order valence-electron chi connectivity index (χ4n) is 2.29. The van der Waals surface area contributed by atoms with Gasteiger partial charge in [-0.25, -0.2) is 9.59 Å². The molecule has 3 aromatic rings. The van der Waals surface area contributed by atoms with Crippen molar-refractivity contribution in [3.63, 3.8) is 0 Å². The number of hydrogen-bond acceptors (Lipinski definition) is 4. The summed E-state index contributed by atoms with van der Waals surface area (Å²) in [6, 6.07) is 20.6. The number of hydrogen-bond donors (Lipinski definition) is 0. The summed E-state index contributed by atoms with van der Waals surface area (Å²) in [6.45, 7) is 11.9. The first-order chi connectivity index (χ1) is 14.5. The Hall–Kier alpha value is -3.40. The quantitative estimate of drug-likeness (QED) is 0.353. The van der Waals surface area contributed by atoms with Crippen molar-refractivity contribution in [2.45, 2.75) is 41.5 Å². The summed E-state index contributed by atoms with van der Waals surface area (Å²) in [5.74, 6) is -0.0665. The molecule has 3 rings (SSSR count). The van der Waals surface area contributed by atoms with Gasteiger partial charge in [-0.2, -0.15) is 0 Å². The van der Waals surface area contributed by atoms with Gasteiger partial charge in [-0.3, -0.25) is 0 Å². The molecule has 0 aliphatic rings. The van der Waals surface area contributed by atoms with E-state index in [9.17, 15) is 9.59 Å². The normalized spacial score (nSPS) is 9.27. The highest BCUT2D eigenvalue weighted by Crippen LogP contribution is 2.17. The van der Waals surface area contributed by atoms with Crippen molar-refractivity contribution in [3.05, 3.63) is 95.1 Å². The summed E-state index contributed by atoms with van der Waals surface area (Å²) in [5.41, 5.74) is 3.00. The standard InChI is InChI=1S/C22H18O4.2C2H6/c1-15-3-7-17(8-4-15)21(23)26-20-13-9-18(10-14-20)22(24)25-19-11-5-16(2)6-12-19;2*1-2/h3-14H,1-2H3;2*1-2H3. The van der Waals surface area contributed by atoms with Gasteiger partial charge in [0, 0.05) is 0 Å². The lowest BCUT2D eigenvalue weighted by atomic mass is 10.1. The predicted octanol–water partition coefficient (Wildman–Crippen LogP) is 6.79. The minimum atomic E-state index is -0.467. The van der Waals surface area contributed by atoms with Gasteiger partial charge in [-0.15, -0.1) is 0 Å². The van der Waals surface area contributed by atoms with Gasteiger partial charge >= 0.3 is 11.9 Å². The molecule has 30 heavy (non-hydrogen) atoms. The number of benzene rings is 3. The molecule has 0 aromatic heterocycles. The average Bonchev–Trinajstić information content (AvgIpc) is 2.79. The molecule has 0 saturated heterocycles. The van der Waals surface area contributed by atoms with E-state index in [0.29, 0.717) is 22.6 Å². The van der Waals surface area contributed by atoms with Gasteiger partial charge in [0.1, 0.15) is 11.5 Å². The van der Waals surface area contributed by atoms with E-state index >= 15 is 0 Å². The monoisotopic (exact) mass is 406 g/mol. The SMILES string of the molecule is CC.CC.Cc1ccc(OC(=O)c2ccc(OC(=O)c3ccc(C)cc3)cc2)cc1. The molecule has 4 nitrogen and oxygen atoms in total. The molecule has 0 heterocycles. The van der Waals surface area contributed by atoms with E-state index in [4.69, 9.17) is 9.47 Å². The van der Waals surface area contributed by atoms with E-state index in [1.165, 1.54) is 0 Å². The van der Waals surface area contributed by atoms with E-state index in [-0.39, 0.29) is 0 Å². The van der Waals surface area contributed by atoms with E-state index < -0.39 is 11.9 Å². The molecule has 0 atom stereocenters. The van der Waals surface area contributed by atoms with Crippen LogP contribution in [-0.2, 0) is 0 Å². The molecule has 0 radical (unpaired) electrons.